The summed E-state index contributed by atoms with van der Waals surface area (Å²) in [5.74, 6) is 0. The molecule has 1 atom stereocenters. The van der Waals surface area contributed by atoms with E-state index in [-0.39, 0.29) is 11.8 Å². The first kappa shape index (κ1) is 17.0. The minimum Gasteiger partial charge on any atom is -0.392 e. The number of sulfone groups is 1. The van der Waals surface area contributed by atoms with Crippen LogP contribution in [0, 0.1) is 5.41 Å². The van der Waals surface area contributed by atoms with Crippen LogP contribution in [0.2, 0.25) is 0 Å². The second-order valence-electron chi connectivity index (χ2n) is 5.68. The largest absolute Gasteiger partial charge is 0.501 e. The van der Waals surface area contributed by atoms with E-state index in [1.54, 1.807) is 0 Å². The van der Waals surface area contributed by atoms with Crippen molar-refractivity contribution < 1.29 is 26.7 Å². The Labute approximate surface area is 116 Å². The van der Waals surface area contributed by atoms with Gasteiger partial charge < -0.3 is 5.11 Å². The van der Waals surface area contributed by atoms with E-state index in [0.29, 0.717) is 5.56 Å². The number of aliphatic hydroxyl groups excluding tert-OH is 1. The average Bonchev–Trinajstić information content (AvgIpc) is 2.26. The lowest BCUT2D eigenvalue weighted by Gasteiger charge is -2.25. The molecule has 1 N–H and O–H groups in total. The molecule has 0 amide bonds. The van der Waals surface area contributed by atoms with Crippen LogP contribution in [0.5, 0.6) is 0 Å². The van der Waals surface area contributed by atoms with Gasteiger partial charge >= 0.3 is 5.51 Å². The summed E-state index contributed by atoms with van der Waals surface area (Å²) in [4.78, 5) is -0.793. The second kappa shape index (κ2) is 5.37. The summed E-state index contributed by atoms with van der Waals surface area (Å²) in [6.45, 7) is 5.50. The Kier molecular flexibility index (Phi) is 4.55. The van der Waals surface area contributed by atoms with Crippen molar-refractivity contribution in [1.29, 1.82) is 0 Å². The Morgan fingerprint density at radius 3 is 1.90 bits per heavy atom. The monoisotopic (exact) mass is 310 g/mol. The zero-order valence-corrected chi connectivity index (χ0v) is 12.2. The fourth-order valence-electron chi connectivity index (χ4n) is 1.47. The molecule has 0 aromatic heterocycles. The van der Waals surface area contributed by atoms with Crippen LogP contribution >= 0.6 is 0 Å². The maximum atomic E-state index is 12.4. The molecule has 1 aromatic rings. The third kappa shape index (κ3) is 3.73. The molecular weight excluding hydrogens is 293 g/mol. The predicted octanol–water partition coefficient (Wildman–Crippen LogP) is 2.93. The Morgan fingerprint density at radius 1 is 1.10 bits per heavy atom. The van der Waals surface area contributed by atoms with E-state index >= 15 is 0 Å². The molecule has 1 rings (SSSR count). The molecule has 1 unspecified atom stereocenters. The summed E-state index contributed by atoms with van der Waals surface area (Å²) in [7, 11) is -5.31. The molecule has 0 aliphatic rings. The molecule has 7 heteroatoms. The third-order valence-corrected chi connectivity index (χ3v) is 4.47. The highest BCUT2D eigenvalue weighted by molar-refractivity contribution is 7.92. The summed E-state index contributed by atoms with van der Waals surface area (Å²) in [5, 5.41) is 9.90. The SMILES string of the molecule is CC(C)(C)C(O)Cc1ccc(S(=O)(=O)C(F)(F)F)cc1. The Morgan fingerprint density at radius 2 is 1.55 bits per heavy atom. The molecule has 0 bridgehead atoms. The summed E-state index contributed by atoms with van der Waals surface area (Å²) >= 11 is 0. The highest BCUT2D eigenvalue weighted by atomic mass is 32.2. The lowest BCUT2D eigenvalue weighted by atomic mass is 9.85. The molecule has 0 aliphatic heterocycles. The van der Waals surface area contributed by atoms with Crippen molar-refractivity contribution in [3.05, 3.63) is 29.8 Å². The molecule has 0 radical (unpaired) electrons. The first-order chi connectivity index (χ1) is 8.85. The molecule has 20 heavy (non-hydrogen) atoms. The fourth-order valence-corrected chi connectivity index (χ4v) is 2.23. The minimum absolute atomic E-state index is 0.246. The first-order valence-electron chi connectivity index (χ1n) is 5.94. The maximum Gasteiger partial charge on any atom is 0.501 e. The van der Waals surface area contributed by atoms with E-state index < -0.39 is 26.3 Å². The van der Waals surface area contributed by atoms with E-state index in [1.807, 2.05) is 20.8 Å². The lowest BCUT2D eigenvalue weighted by Crippen LogP contribution is -2.28. The van der Waals surface area contributed by atoms with Crippen LogP contribution in [-0.4, -0.2) is 25.1 Å². The van der Waals surface area contributed by atoms with Gasteiger partial charge in [-0.05, 0) is 29.5 Å². The van der Waals surface area contributed by atoms with Crippen LogP contribution in [-0.2, 0) is 16.3 Å². The highest BCUT2D eigenvalue weighted by Gasteiger charge is 2.46. The van der Waals surface area contributed by atoms with Crippen molar-refractivity contribution in [2.45, 2.75) is 43.7 Å². The van der Waals surface area contributed by atoms with E-state index in [2.05, 4.69) is 0 Å². The standard InChI is InChI=1S/C13H17F3O3S/c1-12(2,3)11(17)8-9-4-6-10(7-5-9)20(18,19)13(14,15)16/h4-7,11,17H,8H2,1-3H3. The van der Waals surface area contributed by atoms with Crippen molar-refractivity contribution in [3.63, 3.8) is 0 Å². The zero-order valence-electron chi connectivity index (χ0n) is 11.4. The van der Waals surface area contributed by atoms with E-state index in [9.17, 15) is 26.7 Å². The van der Waals surface area contributed by atoms with Crippen molar-refractivity contribution in [2.75, 3.05) is 0 Å². The van der Waals surface area contributed by atoms with Gasteiger partial charge in [-0.15, -0.1) is 0 Å². The molecule has 0 saturated heterocycles. The molecular formula is C13H17F3O3S. The van der Waals surface area contributed by atoms with Crippen LogP contribution in [0.25, 0.3) is 0 Å². The van der Waals surface area contributed by atoms with Gasteiger partial charge in [0.15, 0.2) is 0 Å². The van der Waals surface area contributed by atoms with Gasteiger partial charge in [-0.25, -0.2) is 8.42 Å². The Hall–Kier alpha value is -1.08. The summed E-state index contributed by atoms with van der Waals surface area (Å²) in [6.07, 6.45) is -0.428. The number of aliphatic hydroxyl groups is 1. The van der Waals surface area contributed by atoms with Gasteiger partial charge in [0.2, 0.25) is 0 Å². The molecule has 3 nitrogen and oxygen atoms in total. The van der Waals surface area contributed by atoms with Gasteiger partial charge in [0, 0.05) is 0 Å². The number of benzene rings is 1. The van der Waals surface area contributed by atoms with Crippen molar-refractivity contribution in [2.24, 2.45) is 5.41 Å². The Bertz CT molecular complexity index is 554. The number of hydrogen-bond donors (Lipinski definition) is 1. The molecule has 0 aliphatic carbocycles. The van der Waals surface area contributed by atoms with Gasteiger partial charge in [-0.2, -0.15) is 13.2 Å². The fraction of sp³-hybridized carbons (Fsp3) is 0.538. The third-order valence-electron chi connectivity index (χ3n) is 2.97. The number of halogens is 3. The van der Waals surface area contributed by atoms with Crippen molar-refractivity contribution >= 4 is 9.84 Å². The molecule has 0 spiro atoms. The van der Waals surface area contributed by atoms with Gasteiger partial charge in [-0.1, -0.05) is 32.9 Å². The zero-order chi connectivity index (χ0) is 15.8. The molecule has 0 fully saturated rings. The van der Waals surface area contributed by atoms with Gasteiger partial charge in [0.25, 0.3) is 9.84 Å². The van der Waals surface area contributed by atoms with Gasteiger partial charge in [0.1, 0.15) is 0 Å². The molecule has 1 aromatic carbocycles. The normalized spacial score (nSPS) is 15.2. The molecule has 0 heterocycles. The second-order valence-corrected chi connectivity index (χ2v) is 7.62. The van der Waals surface area contributed by atoms with Crippen LogP contribution in [0.3, 0.4) is 0 Å². The smallest absolute Gasteiger partial charge is 0.392 e. The van der Waals surface area contributed by atoms with Crippen LogP contribution < -0.4 is 0 Å². The van der Waals surface area contributed by atoms with Gasteiger partial charge in [0.05, 0.1) is 11.0 Å². The van der Waals surface area contributed by atoms with Gasteiger partial charge in [-0.3, -0.25) is 0 Å². The maximum absolute atomic E-state index is 12.4. The van der Waals surface area contributed by atoms with Crippen molar-refractivity contribution in [3.8, 4) is 0 Å². The Balaban J connectivity index is 2.97. The first-order valence-corrected chi connectivity index (χ1v) is 7.42. The van der Waals surface area contributed by atoms with E-state index in [1.165, 1.54) is 12.1 Å². The highest BCUT2D eigenvalue weighted by Crippen LogP contribution is 2.30. The predicted molar refractivity (Wildman–Crippen MR) is 68.8 cm³/mol. The average molecular weight is 310 g/mol. The van der Waals surface area contributed by atoms with Crippen molar-refractivity contribution in [1.82, 2.24) is 0 Å². The van der Waals surface area contributed by atoms with E-state index in [4.69, 9.17) is 0 Å². The summed E-state index contributed by atoms with van der Waals surface area (Å²) in [6, 6.07) is 4.39. The quantitative estimate of drug-likeness (QED) is 0.934. The molecule has 0 saturated carbocycles. The number of hydrogen-bond acceptors (Lipinski definition) is 3. The summed E-state index contributed by atoms with van der Waals surface area (Å²) < 4.78 is 59.4. The summed E-state index contributed by atoms with van der Waals surface area (Å²) in [5.41, 5.74) is -5.09. The van der Waals surface area contributed by atoms with Crippen LogP contribution in [0.4, 0.5) is 13.2 Å². The van der Waals surface area contributed by atoms with Crippen LogP contribution in [0.1, 0.15) is 26.3 Å². The van der Waals surface area contributed by atoms with Crippen LogP contribution in [0.15, 0.2) is 29.2 Å². The van der Waals surface area contributed by atoms with E-state index in [0.717, 1.165) is 12.1 Å². The molecule has 114 valence electrons. The topological polar surface area (TPSA) is 54.4 Å². The lowest BCUT2D eigenvalue weighted by molar-refractivity contribution is -0.0436. The number of rotatable bonds is 3. The minimum atomic E-state index is -5.31. The number of alkyl halides is 3.